The predicted molar refractivity (Wildman–Crippen MR) is 85.5 cm³/mol. The van der Waals surface area contributed by atoms with Gasteiger partial charge in [0.1, 0.15) is 5.56 Å². The molecule has 8 heteroatoms. The minimum Gasteiger partial charge on any atom is -0.393 e. The highest BCUT2D eigenvalue weighted by Crippen LogP contribution is 2.37. The minimum atomic E-state index is -0.732. The molecule has 3 N–H and O–H groups in total. The van der Waals surface area contributed by atoms with Gasteiger partial charge in [-0.25, -0.2) is 4.79 Å². The van der Waals surface area contributed by atoms with Crippen LogP contribution in [0.25, 0.3) is 0 Å². The molecular formula is C16H18N4O4. The van der Waals surface area contributed by atoms with Crippen LogP contribution in [-0.2, 0) is 7.05 Å². The smallest absolute Gasteiger partial charge is 0.328 e. The Morgan fingerprint density at radius 1 is 1.42 bits per heavy atom. The molecule has 126 valence electrons. The molecule has 2 heterocycles. The number of hydrogen-bond acceptors (Lipinski definition) is 5. The average Bonchev–Trinajstić information content (AvgIpc) is 2.54. The number of nitrogens with one attached hydrogen (secondary N) is 2. The Balaban J connectivity index is 1.88. The third-order valence-electron chi connectivity index (χ3n) is 4.27. The molecule has 1 atom stereocenters. The minimum absolute atomic E-state index is 0.0467. The lowest BCUT2D eigenvalue weighted by molar-refractivity contribution is 0.0228. The number of aliphatic hydroxyl groups excluding tert-OH is 1. The summed E-state index contributed by atoms with van der Waals surface area (Å²) in [7, 11) is 1.45. The number of hydrogen-bond donors (Lipinski definition) is 3. The fraction of sp³-hybridized carbons (Fsp3) is 0.375. The van der Waals surface area contributed by atoms with Crippen molar-refractivity contribution in [3.8, 4) is 0 Å². The summed E-state index contributed by atoms with van der Waals surface area (Å²) in [6, 6.07) is 4.98. The molecule has 0 spiro atoms. The molecule has 1 saturated carbocycles. The van der Waals surface area contributed by atoms with E-state index in [0.717, 1.165) is 4.57 Å². The van der Waals surface area contributed by atoms with Gasteiger partial charge in [0.15, 0.2) is 0 Å². The first-order chi connectivity index (χ1) is 11.5. The van der Waals surface area contributed by atoms with E-state index in [4.69, 9.17) is 0 Å². The summed E-state index contributed by atoms with van der Waals surface area (Å²) in [5, 5.41) is 12.4. The Kier molecular flexibility index (Phi) is 4.30. The van der Waals surface area contributed by atoms with Gasteiger partial charge in [0, 0.05) is 19.4 Å². The van der Waals surface area contributed by atoms with E-state index in [1.54, 1.807) is 18.3 Å². The lowest BCUT2D eigenvalue weighted by Gasteiger charge is -2.37. The van der Waals surface area contributed by atoms with Gasteiger partial charge >= 0.3 is 5.69 Å². The van der Waals surface area contributed by atoms with E-state index in [9.17, 15) is 19.5 Å². The standard InChI is InChI=1S/C16H18N4O4/c1-20-8-11(15(23)19-16(20)24)14(22)18-13(9-6-10(21)7-9)12-4-2-3-5-17-12/h2-5,8-10,13,21H,6-7H2,1H3,(H,18,22)(H,19,23,24)/t9?,10?,13-/m0/s1. The number of aliphatic hydroxyl groups is 1. The van der Waals surface area contributed by atoms with E-state index < -0.39 is 23.2 Å². The van der Waals surface area contributed by atoms with Gasteiger partial charge in [-0.1, -0.05) is 6.07 Å². The maximum atomic E-state index is 12.5. The van der Waals surface area contributed by atoms with Crippen molar-refractivity contribution in [2.45, 2.75) is 25.0 Å². The first kappa shape index (κ1) is 16.1. The van der Waals surface area contributed by atoms with Gasteiger partial charge in [0.05, 0.1) is 17.8 Å². The summed E-state index contributed by atoms with van der Waals surface area (Å²) in [6.07, 6.45) is 3.58. The molecule has 2 aromatic rings. The van der Waals surface area contributed by atoms with E-state index in [-0.39, 0.29) is 17.6 Å². The van der Waals surface area contributed by atoms with Crippen molar-refractivity contribution in [1.82, 2.24) is 19.9 Å². The molecule has 24 heavy (non-hydrogen) atoms. The lowest BCUT2D eigenvalue weighted by Crippen LogP contribution is -2.43. The number of rotatable bonds is 4. The number of amides is 1. The third-order valence-corrected chi connectivity index (χ3v) is 4.27. The average molecular weight is 330 g/mol. The number of pyridine rings is 1. The normalized spacial score (nSPS) is 20.9. The Bertz CT molecular complexity index is 852. The van der Waals surface area contributed by atoms with Gasteiger partial charge in [-0.2, -0.15) is 0 Å². The fourth-order valence-electron chi connectivity index (χ4n) is 2.84. The zero-order chi connectivity index (χ0) is 17.3. The number of aromatic nitrogens is 3. The molecule has 1 aliphatic rings. The molecule has 1 amide bonds. The largest absolute Gasteiger partial charge is 0.393 e. The number of aryl methyl sites for hydroxylation is 1. The van der Waals surface area contributed by atoms with Gasteiger partial charge in [0.2, 0.25) is 0 Å². The van der Waals surface area contributed by atoms with Crippen LogP contribution < -0.4 is 16.6 Å². The van der Waals surface area contributed by atoms with E-state index in [1.807, 2.05) is 6.07 Å². The first-order valence-corrected chi connectivity index (χ1v) is 7.65. The summed E-state index contributed by atoms with van der Waals surface area (Å²) < 4.78 is 1.14. The van der Waals surface area contributed by atoms with Crippen molar-refractivity contribution in [3.63, 3.8) is 0 Å². The van der Waals surface area contributed by atoms with Crippen LogP contribution in [0.2, 0.25) is 0 Å². The summed E-state index contributed by atoms with van der Waals surface area (Å²) in [5.74, 6) is -0.533. The van der Waals surface area contributed by atoms with Crippen molar-refractivity contribution in [2.75, 3.05) is 0 Å². The summed E-state index contributed by atoms with van der Waals surface area (Å²) in [4.78, 5) is 42.1. The van der Waals surface area contributed by atoms with Crippen LogP contribution in [0, 0.1) is 5.92 Å². The molecule has 3 rings (SSSR count). The second-order valence-electron chi connectivity index (χ2n) is 6.00. The van der Waals surface area contributed by atoms with Crippen LogP contribution in [0.5, 0.6) is 0 Å². The Morgan fingerprint density at radius 2 is 2.17 bits per heavy atom. The van der Waals surface area contributed by atoms with Gasteiger partial charge in [0.25, 0.3) is 11.5 Å². The maximum Gasteiger partial charge on any atom is 0.328 e. The number of aromatic amines is 1. The number of H-pyrrole nitrogens is 1. The van der Waals surface area contributed by atoms with E-state index in [2.05, 4.69) is 15.3 Å². The molecule has 0 unspecified atom stereocenters. The topological polar surface area (TPSA) is 117 Å². The van der Waals surface area contributed by atoms with E-state index in [0.29, 0.717) is 18.5 Å². The second kappa shape index (κ2) is 6.40. The SMILES string of the molecule is Cn1cc(C(=O)N[C@H](c2ccccn2)C2CC(O)C2)c(=O)[nH]c1=O. The number of carbonyl (C=O) groups excluding carboxylic acids is 1. The zero-order valence-corrected chi connectivity index (χ0v) is 13.1. The lowest BCUT2D eigenvalue weighted by atomic mass is 9.76. The van der Waals surface area contributed by atoms with Gasteiger partial charge in [-0.05, 0) is 30.9 Å². The second-order valence-corrected chi connectivity index (χ2v) is 6.00. The monoisotopic (exact) mass is 330 g/mol. The highest BCUT2D eigenvalue weighted by Gasteiger charge is 2.36. The molecule has 0 bridgehead atoms. The molecule has 2 aromatic heterocycles. The van der Waals surface area contributed by atoms with E-state index in [1.165, 1.54) is 13.2 Å². The number of carbonyl (C=O) groups is 1. The molecule has 0 aliphatic heterocycles. The third kappa shape index (κ3) is 3.13. The molecule has 1 aliphatic carbocycles. The molecule has 0 radical (unpaired) electrons. The van der Waals surface area contributed by atoms with Crippen molar-refractivity contribution in [2.24, 2.45) is 13.0 Å². The molecule has 0 aromatic carbocycles. The van der Waals surface area contributed by atoms with Crippen molar-refractivity contribution >= 4 is 5.91 Å². The highest BCUT2D eigenvalue weighted by molar-refractivity contribution is 5.93. The van der Waals surface area contributed by atoms with Crippen molar-refractivity contribution in [3.05, 3.63) is 62.7 Å². The van der Waals surface area contributed by atoms with Crippen LogP contribution in [0.4, 0.5) is 0 Å². The van der Waals surface area contributed by atoms with Crippen LogP contribution in [0.1, 0.15) is 34.9 Å². The molecular weight excluding hydrogens is 312 g/mol. The van der Waals surface area contributed by atoms with E-state index >= 15 is 0 Å². The summed E-state index contributed by atoms with van der Waals surface area (Å²) >= 11 is 0. The fourth-order valence-corrected chi connectivity index (χ4v) is 2.84. The van der Waals surface area contributed by atoms with Crippen molar-refractivity contribution < 1.29 is 9.90 Å². The Hall–Kier alpha value is -2.74. The van der Waals surface area contributed by atoms with Gasteiger partial charge in [-0.15, -0.1) is 0 Å². The molecule has 8 nitrogen and oxygen atoms in total. The predicted octanol–water partition coefficient (Wildman–Crippen LogP) is -0.289. The quantitative estimate of drug-likeness (QED) is 0.712. The van der Waals surface area contributed by atoms with Crippen LogP contribution in [0.15, 0.2) is 40.2 Å². The highest BCUT2D eigenvalue weighted by atomic mass is 16.3. The Morgan fingerprint density at radius 3 is 2.79 bits per heavy atom. The summed E-state index contributed by atoms with van der Waals surface area (Å²) in [6.45, 7) is 0. The van der Waals surface area contributed by atoms with Crippen LogP contribution >= 0.6 is 0 Å². The summed E-state index contributed by atoms with van der Waals surface area (Å²) in [5.41, 5.74) is -0.786. The number of nitrogens with zero attached hydrogens (tertiary/aromatic N) is 2. The van der Waals surface area contributed by atoms with Gasteiger partial charge in [-0.3, -0.25) is 19.6 Å². The van der Waals surface area contributed by atoms with Crippen LogP contribution in [-0.4, -0.2) is 31.7 Å². The molecule has 0 saturated heterocycles. The maximum absolute atomic E-state index is 12.5. The van der Waals surface area contributed by atoms with Crippen LogP contribution in [0.3, 0.4) is 0 Å². The Labute approximate surface area is 137 Å². The van der Waals surface area contributed by atoms with Crippen molar-refractivity contribution in [1.29, 1.82) is 0 Å². The molecule has 1 fully saturated rings. The van der Waals surface area contributed by atoms with Gasteiger partial charge < -0.3 is 15.0 Å². The zero-order valence-electron chi connectivity index (χ0n) is 13.1. The first-order valence-electron chi connectivity index (χ1n) is 7.65.